The Kier molecular flexibility index (Phi) is 3.71. The van der Waals surface area contributed by atoms with Crippen molar-refractivity contribution in [2.75, 3.05) is 10.2 Å². The highest BCUT2D eigenvalue weighted by Gasteiger charge is 2.55. The van der Waals surface area contributed by atoms with Crippen LogP contribution in [-0.4, -0.2) is 38.1 Å². The van der Waals surface area contributed by atoms with Crippen molar-refractivity contribution < 1.29 is 18.6 Å². The van der Waals surface area contributed by atoms with Gasteiger partial charge in [0.15, 0.2) is 23.7 Å². The van der Waals surface area contributed by atoms with Gasteiger partial charge in [-0.15, -0.1) is 0 Å². The van der Waals surface area contributed by atoms with Gasteiger partial charge in [-0.25, -0.2) is 9.18 Å². The van der Waals surface area contributed by atoms with Crippen molar-refractivity contribution in [3.8, 4) is 0 Å². The van der Waals surface area contributed by atoms with Crippen LogP contribution in [-0.2, 0) is 14.2 Å². The number of fused-ring (bicyclic) bond motifs is 1. The fourth-order valence-corrected chi connectivity index (χ4v) is 3.36. The molecular formula is C12H15FIN3O4. The molecule has 0 aromatic carbocycles. The Labute approximate surface area is 133 Å². The fourth-order valence-electron chi connectivity index (χ4n) is 2.65. The second kappa shape index (κ2) is 5.14. The first kappa shape index (κ1) is 15.1. The summed E-state index contributed by atoms with van der Waals surface area (Å²) in [5.74, 6) is -1.98. The summed E-state index contributed by atoms with van der Waals surface area (Å²) in [6.45, 7) is 3.58. The molecule has 2 fully saturated rings. The SMILES string of the molecule is CC1(C)O[C@@H]2[C@H](O1)[C@H](n1cc(F)c(N)nc1=O)O[C@@H]2CI. The third-order valence-corrected chi connectivity index (χ3v) is 4.35. The van der Waals surface area contributed by atoms with Crippen LogP contribution in [0.15, 0.2) is 11.0 Å². The molecule has 2 aliphatic rings. The molecule has 1 aromatic heterocycles. The van der Waals surface area contributed by atoms with E-state index in [0.29, 0.717) is 4.43 Å². The number of anilines is 1. The first-order chi connectivity index (χ1) is 9.82. The van der Waals surface area contributed by atoms with Crippen LogP contribution in [0.25, 0.3) is 0 Å². The normalized spacial score (nSPS) is 34.1. The topological polar surface area (TPSA) is 88.6 Å². The number of ether oxygens (including phenoxy) is 3. The molecule has 2 saturated heterocycles. The minimum atomic E-state index is -0.786. The number of aromatic nitrogens is 2. The van der Waals surface area contributed by atoms with E-state index in [1.54, 1.807) is 13.8 Å². The predicted molar refractivity (Wildman–Crippen MR) is 79.5 cm³/mol. The number of halogens is 2. The lowest BCUT2D eigenvalue weighted by Crippen LogP contribution is -2.35. The second-order valence-electron chi connectivity index (χ2n) is 5.45. The lowest BCUT2D eigenvalue weighted by Gasteiger charge is -2.24. The summed E-state index contributed by atoms with van der Waals surface area (Å²) in [6.07, 6.45) is -0.838. The number of hydrogen-bond donors (Lipinski definition) is 1. The number of hydrogen-bond acceptors (Lipinski definition) is 6. The maximum absolute atomic E-state index is 13.6. The Hall–Kier alpha value is -0.780. The van der Waals surface area contributed by atoms with Gasteiger partial charge in [-0.3, -0.25) is 4.57 Å². The molecule has 2 aliphatic heterocycles. The summed E-state index contributed by atoms with van der Waals surface area (Å²) in [6, 6.07) is 0. The van der Waals surface area contributed by atoms with Crippen LogP contribution in [0.3, 0.4) is 0 Å². The Balaban J connectivity index is 1.99. The zero-order valence-corrected chi connectivity index (χ0v) is 13.6. The van der Waals surface area contributed by atoms with Gasteiger partial charge in [-0.1, -0.05) is 22.6 Å². The monoisotopic (exact) mass is 411 g/mol. The minimum Gasteiger partial charge on any atom is -0.381 e. The molecule has 0 aliphatic carbocycles. The van der Waals surface area contributed by atoms with Crippen molar-refractivity contribution in [3.05, 3.63) is 22.5 Å². The third kappa shape index (κ3) is 2.56. The van der Waals surface area contributed by atoms with Crippen LogP contribution in [0.1, 0.15) is 20.1 Å². The molecule has 1 aromatic rings. The van der Waals surface area contributed by atoms with E-state index in [4.69, 9.17) is 19.9 Å². The standard InChI is InChI=1S/C12H15FIN3O4/c1-12(2)20-7-6(3-14)19-10(8(7)21-12)17-4-5(13)9(15)16-11(17)18/h4,6-8,10H,3H2,1-2H3,(H2,15,16,18)/t6-,7+,8+,10-/m1/s1. The molecule has 9 heteroatoms. The van der Waals surface area contributed by atoms with Gasteiger partial charge in [0, 0.05) is 4.43 Å². The van der Waals surface area contributed by atoms with Crippen LogP contribution < -0.4 is 11.4 Å². The van der Waals surface area contributed by atoms with Gasteiger partial charge in [0.05, 0.1) is 12.3 Å². The highest BCUT2D eigenvalue weighted by molar-refractivity contribution is 14.1. The molecule has 21 heavy (non-hydrogen) atoms. The molecule has 3 rings (SSSR count). The van der Waals surface area contributed by atoms with Crippen molar-refractivity contribution in [3.63, 3.8) is 0 Å². The Bertz CT molecular complexity index is 623. The molecular weight excluding hydrogens is 396 g/mol. The fraction of sp³-hybridized carbons (Fsp3) is 0.667. The highest BCUT2D eigenvalue weighted by Crippen LogP contribution is 2.43. The molecule has 7 nitrogen and oxygen atoms in total. The maximum atomic E-state index is 13.6. The van der Waals surface area contributed by atoms with E-state index in [2.05, 4.69) is 27.6 Å². The number of nitrogens with zero attached hydrogens (tertiary/aromatic N) is 2. The van der Waals surface area contributed by atoms with Crippen molar-refractivity contribution >= 4 is 28.4 Å². The van der Waals surface area contributed by atoms with Gasteiger partial charge in [0.1, 0.15) is 12.2 Å². The summed E-state index contributed by atoms with van der Waals surface area (Å²) in [5.41, 5.74) is 4.61. The van der Waals surface area contributed by atoms with Gasteiger partial charge in [0.25, 0.3) is 0 Å². The number of nitrogens with two attached hydrogens (primary N) is 1. The van der Waals surface area contributed by atoms with Crippen molar-refractivity contribution in [1.82, 2.24) is 9.55 Å². The first-order valence-electron chi connectivity index (χ1n) is 6.43. The van der Waals surface area contributed by atoms with Gasteiger partial charge < -0.3 is 19.9 Å². The lowest BCUT2D eigenvalue weighted by atomic mass is 10.1. The van der Waals surface area contributed by atoms with E-state index < -0.39 is 35.4 Å². The predicted octanol–water partition coefficient (Wildman–Crippen LogP) is 0.817. The summed E-state index contributed by atoms with van der Waals surface area (Å²) >= 11 is 2.17. The van der Waals surface area contributed by atoms with Crippen LogP contribution in [0.2, 0.25) is 0 Å². The number of alkyl halides is 1. The molecule has 2 N–H and O–H groups in total. The Morgan fingerprint density at radius 2 is 2.14 bits per heavy atom. The lowest BCUT2D eigenvalue weighted by molar-refractivity contribution is -0.194. The highest BCUT2D eigenvalue weighted by atomic mass is 127. The summed E-state index contributed by atoms with van der Waals surface area (Å²) < 4.78 is 32.8. The van der Waals surface area contributed by atoms with Crippen LogP contribution in [0, 0.1) is 5.82 Å². The van der Waals surface area contributed by atoms with E-state index in [0.717, 1.165) is 10.8 Å². The Morgan fingerprint density at radius 1 is 1.48 bits per heavy atom. The zero-order chi connectivity index (χ0) is 15.4. The minimum absolute atomic E-state index is 0.241. The van der Waals surface area contributed by atoms with Crippen LogP contribution in [0.4, 0.5) is 10.2 Å². The van der Waals surface area contributed by atoms with Gasteiger partial charge in [0.2, 0.25) is 0 Å². The average Bonchev–Trinajstić information content (AvgIpc) is 2.87. The molecule has 116 valence electrons. The molecule has 4 atom stereocenters. The van der Waals surface area contributed by atoms with Gasteiger partial charge in [-0.05, 0) is 13.8 Å². The molecule has 0 spiro atoms. The zero-order valence-electron chi connectivity index (χ0n) is 11.5. The van der Waals surface area contributed by atoms with E-state index in [-0.39, 0.29) is 12.2 Å². The quantitative estimate of drug-likeness (QED) is 0.573. The van der Waals surface area contributed by atoms with Gasteiger partial charge in [-0.2, -0.15) is 4.98 Å². The van der Waals surface area contributed by atoms with E-state index >= 15 is 0 Å². The van der Waals surface area contributed by atoms with E-state index in [9.17, 15) is 9.18 Å². The molecule has 0 saturated carbocycles. The third-order valence-electron chi connectivity index (χ3n) is 3.49. The maximum Gasteiger partial charge on any atom is 0.351 e. The second-order valence-corrected chi connectivity index (χ2v) is 6.33. The summed E-state index contributed by atoms with van der Waals surface area (Å²) in [7, 11) is 0. The summed E-state index contributed by atoms with van der Waals surface area (Å²) in [4.78, 5) is 15.4. The molecule has 3 heterocycles. The molecule has 0 bridgehead atoms. The molecule has 0 radical (unpaired) electrons. The molecule has 0 unspecified atom stereocenters. The first-order valence-corrected chi connectivity index (χ1v) is 7.96. The number of rotatable bonds is 2. The van der Waals surface area contributed by atoms with E-state index in [1.807, 2.05) is 0 Å². The molecule has 0 amide bonds. The Morgan fingerprint density at radius 3 is 2.81 bits per heavy atom. The van der Waals surface area contributed by atoms with E-state index in [1.165, 1.54) is 0 Å². The average molecular weight is 411 g/mol. The van der Waals surface area contributed by atoms with Crippen LogP contribution >= 0.6 is 22.6 Å². The summed E-state index contributed by atoms with van der Waals surface area (Å²) in [5, 5.41) is 0. The van der Waals surface area contributed by atoms with Crippen molar-refractivity contribution in [2.24, 2.45) is 0 Å². The van der Waals surface area contributed by atoms with Gasteiger partial charge >= 0.3 is 5.69 Å². The van der Waals surface area contributed by atoms with Crippen molar-refractivity contribution in [2.45, 2.75) is 44.2 Å². The number of nitrogen functional groups attached to an aromatic ring is 1. The van der Waals surface area contributed by atoms with Crippen molar-refractivity contribution in [1.29, 1.82) is 0 Å². The van der Waals surface area contributed by atoms with Crippen LogP contribution in [0.5, 0.6) is 0 Å². The largest absolute Gasteiger partial charge is 0.381 e. The smallest absolute Gasteiger partial charge is 0.351 e.